The van der Waals surface area contributed by atoms with Gasteiger partial charge in [-0.25, -0.2) is 0 Å². The maximum atomic E-state index is 11.8. The Hall–Kier alpha value is -2.25. The number of anilines is 1. The second-order valence-corrected chi connectivity index (χ2v) is 6.71. The number of nitrogens with zero attached hydrogens (tertiary/aromatic N) is 1. The minimum atomic E-state index is -0.436. The number of rotatable bonds is 9. The van der Waals surface area contributed by atoms with Crippen molar-refractivity contribution in [2.45, 2.75) is 11.3 Å². The Bertz CT molecular complexity index is 725. The molecule has 0 saturated heterocycles. The number of para-hydroxylation sites is 2. The highest BCUT2D eigenvalue weighted by Crippen LogP contribution is 2.22. The van der Waals surface area contributed by atoms with Gasteiger partial charge in [-0.05, 0) is 30.3 Å². The van der Waals surface area contributed by atoms with Gasteiger partial charge in [0, 0.05) is 41.2 Å². The van der Waals surface area contributed by atoms with Gasteiger partial charge in [0.05, 0.1) is 4.92 Å². The van der Waals surface area contributed by atoms with Crippen LogP contribution < -0.4 is 10.6 Å². The Kier molecular flexibility index (Phi) is 7.56. The maximum Gasteiger partial charge on any atom is 0.292 e. The van der Waals surface area contributed by atoms with Gasteiger partial charge in [0.15, 0.2) is 0 Å². The molecule has 8 heteroatoms. The van der Waals surface area contributed by atoms with Crippen LogP contribution in [0.3, 0.4) is 0 Å². The Morgan fingerprint density at radius 2 is 1.84 bits per heavy atom. The fourth-order valence-corrected chi connectivity index (χ4v) is 3.04. The van der Waals surface area contributed by atoms with Crippen molar-refractivity contribution in [2.24, 2.45) is 0 Å². The lowest BCUT2D eigenvalue weighted by Gasteiger charge is -2.08. The number of carbonyl (C=O) groups excluding carboxylic acids is 1. The number of thioether (sulfide) groups is 1. The van der Waals surface area contributed by atoms with E-state index in [9.17, 15) is 14.9 Å². The van der Waals surface area contributed by atoms with E-state index >= 15 is 0 Å². The van der Waals surface area contributed by atoms with Gasteiger partial charge in [-0.1, -0.05) is 23.7 Å². The number of carbonyl (C=O) groups is 1. The summed E-state index contributed by atoms with van der Waals surface area (Å²) in [6, 6.07) is 13.9. The van der Waals surface area contributed by atoms with Crippen LogP contribution in [0.25, 0.3) is 0 Å². The molecule has 0 aromatic heterocycles. The second kappa shape index (κ2) is 9.90. The van der Waals surface area contributed by atoms with Crippen molar-refractivity contribution in [1.29, 1.82) is 0 Å². The molecule has 0 atom stereocenters. The molecule has 132 valence electrons. The molecule has 0 bridgehead atoms. The Labute approximate surface area is 155 Å². The van der Waals surface area contributed by atoms with Crippen molar-refractivity contribution in [2.75, 3.05) is 24.2 Å². The topological polar surface area (TPSA) is 84.3 Å². The van der Waals surface area contributed by atoms with Crippen molar-refractivity contribution in [3.8, 4) is 0 Å². The summed E-state index contributed by atoms with van der Waals surface area (Å²) < 4.78 is 0. The molecule has 0 aliphatic heterocycles. The van der Waals surface area contributed by atoms with Gasteiger partial charge in [-0.15, -0.1) is 11.8 Å². The first-order chi connectivity index (χ1) is 12.1. The standard InChI is InChI=1S/C17H18ClN3O3S/c18-13-5-7-14(8-6-13)25-12-9-17(22)20-11-10-19-15-3-1-2-4-16(15)21(23)24/h1-8,19H,9-12H2,(H,20,22). The summed E-state index contributed by atoms with van der Waals surface area (Å²) in [5.41, 5.74) is 0.466. The zero-order chi connectivity index (χ0) is 18.1. The first-order valence-electron chi connectivity index (χ1n) is 7.68. The molecule has 6 nitrogen and oxygen atoms in total. The monoisotopic (exact) mass is 379 g/mol. The number of benzene rings is 2. The molecular weight excluding hydrogens is 362 g/mol. The molecule has 0 radical (unpaired) electrons. The third-order valence-corrected chi connectivity index (χ3v) is 4.54. The van der Waals surface area contributed by atoms with Crippen LogP contribution in [0.15, 0.2) is 53.4 Å². The molecule has 0 fully saturated rings. The average molecular weight is 380 g/mol. The van der Waals surface area contributed by atoms with Crippen molar-refractivity contribution in [1.82, 2.24) is 5.32 Å². The molecule has 1 amide bonds. The highest BCUT2D eigenvalue weighted by Gasteiger charge is 2.11. The fraction of sp³-hybridized carbons (Fsp3) is 0.235. The molecule has 0 unspecified atom stereocenters. The van der Waals surface area contributed by atoms with Crippen molar-refractivity contribution in [3.63, 3.8) is 0 Å². The summed E-state index contributed by atoms with van der Waals surface area (Å²) in [4.78, 5) is 23.3. The summed E-state index contributed by atoms with van der Waals surface area (Å²) in [7, 11) is 0. The van der Waals surface area contributed by atoms with Gasteiger partial charge in [-0.2, -0.15) is 0 Å². The molecule has 0 saturated carbocycles. The first kappa shape index (κ1) is 19.1. The Morgan fingerprint density at radius 1 is 1.12 bits per heavy atom. The summed E-state index contributed by atoms with van der Waals surface area (Å²) in [5.74, 6) is 0.622. The number of hydrogen-bond acceptors (Lipinski definition) is 5. The molecule has 0 heterocycles. The predicted molar refractivity (Wildman–Crippen MR) is 101 cm³/mol. The van der Waals surface area contributed by atoms with Gasteiger partial charge in [0.2, 0.25) is 5.91 Å². The minimum absolute atomic E-state index is 0.0215. The van der Waals surface area contributed by atoms with Crippen LogP contribution >= 0.6 is 23.4 Å². The maximum absolute atomic E-state index is 11.8. The van der Waals surface area contributed by atoms with Gasteiger partial charge in [0.25, 0.3) is 5.69 Å². The van der Waals surface area contributed by atoms with Crippen molar-refractivity contribution >= 4 is 40.6 Å². The van der Waals surface area contributed by atoms with Gasteiger partial charge >= 0.3 is 0 Å². The lowest BCUT2D eigenvalue weighted by molar-refractivity contribution is -0.384. The molecule has 25 heavy (non-hydrogen) atoms. The van der Waals surface area contributed by atoms with Crippen LogP contribution in [-0.4, -0.2) is 29.7 Å². The third-order valence-electron chi connectivity index (χ3n) is 3.27. The summed E-state index contributed by atoms with van der Waals surface area (Å²) in [5, 5.41) is 17.3. The number of amides is 1. The molecule has 2 N–H and O–H groups in total. The smallest absolute Gasteiger partial charge is 0.292 e. The Balaban J connectivity index is 1.64. The SMILES string of the molecule is O=C(CCSc1ccc(Cl)cc1)NCCNc1ccccc1[N+](=O)[O-]. The first-order valence-corrected chi connectivity index (χ1v) is 9.05. The third kappa shape index (κ3) is 6.64. The molecular formula is C17H18ClN3O3S. The van der Waals surface area contributed by atoms with E-state index in [-0.39, 0.29) is 11.6 Å². The highest BCUT2D eigenvalue weighted by atomic mass is 35.5. The van der Waals surface area contributed by atoms with Gasteiger partial charge in [-0.3, -0.25) is 14.9 Å². The number of halogens is 1. The fourth-order valence-electron chi connectivity index (χ4n) is 2.06. The number of nitro groups is 1. The molecule has 2 aromatic carbocycles. The van der Waals surface area contributed by atoms with Crippen LogP contribution in [0.5, 0.6) is 0 Å². The van der Waals surface area contributed by atoms with Crippen LogP contribution in [0.4, 0.5) is 11.4 Å². The molecule has 0 aliphatic rings. The predicted octanol–water partition coefficient (Wildman–Crippen LogP) is 3.96. The largest absolute Gasteiger partial charge is 0.378 e. The Morgan fingerprint density at radius 3 is 2.56 bits per heavy atom. The lowest BCUT2D eigenvalue weighted by Crippen LogP contribution is -2.29. The van der Waals surface area contributed by atoms with E-state index in [0.717, 1.165) is 4.90 Å². The van der Waals surface area contributed by atoms with E-state index in [0.29, 0.717) is 36.0 Å². The van der Waals surface area contributed by atoms with E-state index < -0.39 is 4.92 Å². The zero-order valence-electron chi connectivity index (χ0n) is 13.4. The van der Waals surface area contributed by atoms with Crippen molar-refractivity contribution < 1.29 is 9.72 Å². The number of nitrogens with one attached hydrogen (secondary N) is 2. The van der Waals surface area contributed by atoms with Crippen LogP contribution in [-0.2, 0) is 4.79 Å². The normalized spacial score (nSPS) is 10.3. The van der Waals surface area contributed by atoms with E-state index in [2.05, 4.69) is 10.6 Å². The van der Waals surface area contributed by atoms with Crippen LogP contribution in [0.1, 0.15) is 6.42 Å². The van der Waals surface area contributed by atoms with E-state index in [1.165, 1.54) is 6.07 Å². The summed E-state index contributed by atoms with van der Waals surface area (Å²) in [6.07, 6.45) is 0.402. The van der Waals surface area contributed by atoms with E-state index in [1.54, 1.807) is 30.0 Å². The van der Waals surface area contributed by atoms with Crippen LogP contribution in [0.2, 0.25) is 5.02 Å². The van der Waals surface area contributed by atoms with E-state index in [4.69, 9.17) is 11.6 Å². The summed E-state index contributed by atoms with van der Waals surface area (Å²) in [6.45, 7) is 0.817. The van der Waals surface area contributed by atoms with Gasteiger partial charge in [0.1, 0.15) is 5.69 Å². The molecule has 0 spiro atoms. The van der Waals surface area contributed by atoms with E-state index in [1.807, 2.05) is 24.3 Å². The highest BCUT2D eigenvalue weighted by molar-refractivity contribution is 7.99. The second-order valence-electron chi connectivity index (χ2n) is 5.10. The number of nitro benzene ring substituents is 1. The van der Waals surface area contributed by atoms with Gasteiger partial charge < -0.3 is 10.6 Å². The zero-order valence-corrected chi connectivity index (χ0v) is 15.0. The average Bonchev–Trinajstić information content (AvgIpc) is 2.60. The van der Waals surface area contributed by atoms with Crippen LogP contribution in [0, 0.1) is 10.1 Å². The van der Waals surface area contributed by atoms with Crippen molar-refractivity contribution in [3.05, 3.63) is 63.7 Å². The quantitative estimate of drug-likeness (QED) is 0.298. The lowest BCUT2D eigenvalue weighted by atomic mass is 10.2. The summed E-state index contributed by atoms with van der Waals surface area (Å²) >= 11 is 7.41. The number of hydrogen-bond donors (Lipinski definition) is 2. The molecule has 2 rings (SSSR count). The molecule has 2 aromatic rings. The minimum Gasteiger partial charge on any atom is -0.378 e. The molecule has 0 aliphatic carbocycles.